The maximum Gasteiger partial charge on any atom is 0.432 e. The molecule has 11 heteroatoms. The average Bonchev–Trinajstić information content (AvgIpc) is 3.29. The lowest BCUT2D eigenvalue weighted by Gasteiger charge is -2.16. The van der Waals surface area contributed by atoms with Crippen LogP contribution < -0.4 is 4.74 Å². The van der Waals surface area contributed by atoms with Gasteiger partial charge in [-0.3, -0.25) is 5.10 Å². The molecule has 0 unspecified atom stereocenters. The Morgan fingerprint density at radius 1 is 0.857 bits per heavy atom. The van der Waals surface area contributed by atoms with Crippen molar-refractivity contribution in [3.63, 3.8) is 0 Å². The molecular formula is C24H15ClF6N2O2. The molecule has 1 aromatic heterocycles. The fourth-order valence-electron chi connectivity index (χ4n) is 3.35. The Labute approximate surface area is 199 Å². The number of aromatic nitrogens is 2. The Hall–Kier alpha value is -3.66. The van der Waals surface area contributed by atoms with E-state index in [1.54, 1.807) is 24.3 Å². The monoisotopic (exact) mass is 512 g/mol. The quantitative estimate of drug-likeness (QED) is 0.269. The minimum atomic E-state index is -4.68. The SMILES string of the molecule is Oc1c(-c2cc(C(F)(F)F)[nH]n2)ccc(OCc2ccc(Cl)cc2)c1-c1ccc(C(F)(F)F)cc1. The molecule has 182 valence electrons. The van der Waals surface area contributed by atoms with Gasteiger partial charge in [0.05, 0.1) is 16.8 Å². The van der Waals surface area contributed by atoms with Crippen molar-refractivity contribution in [2.24, 2.45) is 0 Å². The third kappa shape index (κ3) is 5.37. The van der Waals surface area contributed by atoms with Crippen LogP contribution in [0, 0.1) is 0 Å². The van der Waals surface area contributed by atoms with Crippen molar-refractivity contribution in [3.05, 3.63) is 88.6 Å². The fraction of sp³-hybridized carbons (Fsp3) is 0.125. The lowest BCUT2D eigenvalue weighted by Crippen LogP contribution is -2.04. The third-order valence-electron chi connectivity index (χ3n) is 5.11. The van der Waals surface area contributed by atoms with Gasteiger partial charge in [-0.25, -0.2) is 0 Å². The number of phenolic OH excluding ortho intramolecular Hbond substituents is 1. The molecule has 0 radical (unpaired) electrons. The van der Waals surface area contributed by atoms with Crippen molar-refractivity contribution < 1.29 is 36.2 Å². The van der Waals surface area contributed by atoms with E-state index in [4.69, 9.17) is 16.3 Å². The fourth-order valence-corrected chi connectivity index (χ4v) is 3.48. The molecule has 0 amide bonds. The van der Waals surface area contributed by atoms with Gasteiger partial charge >= 0.3 is 12.4 Å². The zero-order valence-electron chi connectivity index (χ0n) is 17.5. The maximum absolute atomic E-state index is 13.0. The van der Waals surface area contributed by atoms with Gasteiger partial charge < -0.3 is 9.84 Å². The molecule has 0 saturated carbocycles. The van der Waals surface area contributed by atoms with Crippen LogP contribution in [0.15, 0.2) is 66.7 Å². The Kier molecular flexibility index (Phi) is 6.42. The summed E-state index contributed by atoms with van der Waals surface area (Å²) >= 11 is 5.87. The first-order valence-electron chi connectivity index (χ1n) is 9.97. The molecule has 4 rings (SSSR count). The Morgan fingerprint density at radius 2 is 1.51 bits per heavy atom. The van der Waals surface area contributed by atoms with Gasteiger partial charge in [-0.2, -0.15) is 31.4 Å². The summed E-state index contributed by atoms with van der Waals surface area (Å²) in [6.07, 6.45) is -9.25. The minimum absolute atomic E-state index is 0.00162. The highest BCUT2D eigenvalue weighted by atomic mass is 35.5. The van der Waals surface area contributed by atoms with Gasteiger partial charge in [-0.1, -0.05) is 35.9 Å². The van der Waals surface area contributed by atoms with Crippen LogP contribution in [0.25, 0.3) is 22.4 Å². The van der Waals surface area contributed by atoms with E-state index in [2.05, 4.69) is 5.10 Å². The molecule has 0 saturated heterocycles. The highest BCUT2D eigenvalue weighted by Gasteiger charge is 2.34. The molecule has 0 spiro atoms. The van der Waals surface area contributed by atoms with E-state index in [0.717, 1.165) is 35.9 Å². The van der Waals surface area contributed by atoms with Crippen LogP contribution in [-0.4, -0.2) is 15.3 Å². The number of phenols is 1. The molecule has 0 aliphatic heterocycles. The van der Waals surface area contributed by atoms with Gasteiger partial charge in [0.25, 0.3) is 0 Å². The number of nitrogens with one attached hydrogen (secondary N) is 1. The molecule has 0 aliphatic carbocycles. The summed E-state index contributed by atoms with van der Waals surface area (Å²) < 4.78 is 83.8. The highest BCUT2D eigenvalue weighted by molar-refractivity contribution is 6.30. The standard InChI is InChI=1S/C24H15ClF6N2O2/c25-16-7-1-13(2-8-16)12-35-19-10-9-17(18-11-20(33-32-18)24(29,30)31)22(34)21(19)14-3-5-15(6-4-14)23(26,27)28/h1-11,34H,12H2,(H,32,33). The summed E-state index contributed by atoms with van der Waals surface area (Å²) in [5.41, 5.74) is -1.40. The molecular weight excluding hydrogens is 498 g/mol. The van der Waals surface area contributed by atoms with E-state index in [1.807, 2.05) is 5.10 Å². The van der Waals surface area contributed by atoms with Crippen LogP contribution in [0.4, 0.5) is 26.3 Å². The number of rotatable bonds is 5. The summed E-state index contributed by atoms with van der Waals surface area (Å²) in [5.74, 6) is -0.397. The van der Waals surface area contributed by atoms with E-state index < -0.39 is 29.4 Å². The molecule has 1 heterocycles. The van der Waals surface area contributed by atoms with E-state index >= 15 is 0 Å². The van der Waals surface area contributed by atoms with Crippen molar-refractivity contribution in [3.8, 4) is 33.9 Å². The lowest BCUT2D eigenvalue weighted by atomic mass is 9.97. The van der Waals surface area contributed by atoms with Crippen molar-refractivity contribution in [1.29, 1.82) is 0 Å². The zero-order chi connectivity index (χ0) is 25.4. The van der Waals surface area contributed by atoms with Gasteiger partial charge in [0, 0.05) is 10.6 Å². The normalized spacial score (nSPS) is 12.1. The molecule has 0 atom stereocenters. The largest absolute Gasteiger partial charge is 0.506 e. The summed E-state index contributed by atoms with van der Waals surface area (Å²) in [5, 5.41) is 17.0. The number of halogens is 7. The van der Waals surface area contributed by atoms with Crippen LogP contribution >= 0.6 is 11.6 Å². The van der Waals surface area contributed by atoms with E-state index in [-0.39, 0.29) is 34.7 Å². The minimum Gasteiger partial charge on any atom is -0.506 e. The molecule has 2 N–H and O–H groups in total. The van der Waals surface area contributed by atoms with Crippen molar-refractivity contribution in [1.82, 2.24) is 10.2 Å². The second-order valence-electron chi connectivity index (χ2n) is 7.49. The van der Waals surface area contributed by atoms with E-state index in [9.17, 15) is 31.4 Å². The highest BCUT2D eigenvalue weighted by Crippen LogP contribution is 2.45. The predicted octanol–water partition coefficient (Wildman–Crippen LogP) is 7.72. The molecule has 4 aromatic rings. The number of benzene rings is 3. The number of hydrogen-bond donors (Lipinski definition) is 2. The van der Waals surface area contributed by atoms with Gasteiger partial charge in [-0.05, 0) is 53.6 Å². The van der Waals surface area contributed by atoms with Crippen molar-refractivity contribution in [2.75, 3.05) is 0 Å². The van der Waals surface area contributed by atoms with Gasteiger partial charge in [0.1, 0.15) is 23.8 Å². The maximum atomic E-state index is 13.0. The summed E-state index contributed by atoms with van der Waals surface area (Å²) in [7, 11) is 0. The number of alkyl halides is 6. The van der Waals surface area contributed by atoms with Crippen LogP contribution in [0.2, 0.25) is 5.02 Å². The number of ether oxygens (including phenoxy) is 1. The molecule has 0 fully saturated rings. The van der Waals surface area contributed by atoms with Crippen LogP contribution in [0.3, 0.4) is 0 Å². The molecule has 35 heavy (non-hydrogen) atoms. The van der Waals surface area contributed by atoms with Crippen LogP contribution in [0.5, 0.6) is 11.5 Å². The molecule has 4 nitrogen and oxygen atoms in total. The van der Waals surface area contributed by atoms with Gasteiger partial charge in [0.15, 0.2) is 0 Å². The Balaban J connectivity index is 1.77. The third-order valence-corrected chi connectivity index (χ3v) is 5.36. The number of nitrogens with zero attached hydrogens (tertiary/aromatic N) is 1. The molecule has 0 aliphatic rings. The summed E-state index contributed by atoms with van der Waals surface area (Å²) in [6.45, 7) is 0.0320. The molecule has 0 bridgehead atoms. The zero-order valence-corrected chi connectivity index (χ0v) is 18.3. The first kappa shape index (κ1) is 24.5. The van der Waals surface area contributed by atoms with Crippen molar-refractivity contribution in [2.45, 2.75) is 19.0 Å². The van der Waals surface area contributed by atoms with E-state index in [0.29, 0.717) is 5.02 Å². The Bertz CT molecular complexity index is 1330. The topological polar surface area (TPSA) is 58.1 Å². The Morgan fingerprint density at radius 3 is 2.09 bits per heavy atom. The number of aromatic amines is 1. The number of H-pyrrole nitrogens is 1. The number of aromatic hydroxyl groups is 1. The average molecular weight is 513 g/mol. The summed E-state index contributed by atoms with van der Waals surface area (Å²) in [6, 6.07) is 14.1. The second-order valence-corrected chi connectivity index (χ2v) is 7.93. The summed E-state index contributed by atoms with van der Waals surface area (Å²) in [4.78, 5) is 0. The lowest BCUT2D eigenvalue weighted by molar-refractivity contribution is -0.141. The smallest absolute Gasteiger partial charge is 0.432 e. The van der Waals surface area contributed by atoms with Crippen molar-refractivity contribution >= 4 is 11.6 Å². The van der Waals surface area contributed by atoms with Gasteiger partial charge in [-0.15, -0.1) is 0 Å². The van der Waals surface area contributed by atoms with Crippen LogP contribution in [-0.2, 0) is 19.0 Å². The molecule has 3 aromatic carbocycles. The predicted molar refractivity (Wildman–Crippen MR) is 117 cm³/mol. The second kappa shape index (κ2) is 9.18. The first-order chi connectivity index (χ1) is 16.4. The number of hydrogen-bond acceptors (Lipinski definition) is 3. The van der Waals surface area contributed by atoms with E-state index in [1.165, 1.54) is 12.1 Å². The van der Waals surface area contributed by atoms with Crippen LogP contribution in [0.1, 0.15) is 16.8 Å². The van der Waals surface area contributed by atoms with Gasteiger partial charge in [0.2, 0.25) is 0 Å². The first-order valence-corrected chi connectivity index (χ1v) is 10.3.